The molecule has 1 heterocycles. The molecule has 0 fully saturated rings. The summed E-state index contributed by atoms with van der Waals surface area (Å²) >= 11 is 0. The van der Waals surface area contributed by atoms with E-state index < -0.39 is 0 Å². The zero-order chi connectivity index (χ0) is 13.1. The summed E-state index contributed by atoms with van der Waals surface area (Å²) in [6.07, 6.45) is 0. The highest BCUT2D eigenvalue weighted by Crippen LogP contribution is 2.28. The standard InChI is InChI=1S/C13H17N3O2/c1-9-4-5-11(12(6-9)17-3)18-8-10-7-13(14)16(2)15-10/h4-7H,8,14H2,1-3H3. The maximum atomic E-state index is 5.71. The van der Waals surface area contributed by atoms with Gasteiger partial charge in [0.25, 0.3) is 0 Å². The maximum Gasteiger partial charge on any atom is 0.161 e. The molecule has 2 aromatic rings. The molecule has 5 heteroatoms. The summed E-state index contributed by atoms with van der Waals surface area (Å²) in [4.78, 5) is 0. The van der Waals surface area contributed by atoms with Crippen LogP contribution in [0, 0.1) is 6.92 Å². The fourth-order valence-corrected chi connectivity index (χ4v) is 1.66. The predicted molar refractivity (Wildman–Crippen MR) is 69.7 cm³/mol. The van der Waals surface area contributed by atoms with Crippen LogP contribution in [0.3, 0.4) is 0 Å². The van der Waals surface area contributed by atoms with E-state index in [0.717, 1.165) is 17.0 Å². The smallest absolute Gasteiger partial charge is 0.161 e. The van der Waals surface area contributed by atoms with Gasteiger partial charge in [-0.1, -0.05) is 6.07 Å². The van der Waals surface area contributed by atoms with Gasteiger partial charge in [0.15, 0.2) is 11.5 Å². The average molecular weight is 247 g/mol. The largest absolute Gasteiger partial charge is 0.493 e. The van der Waals surface area contributed by atoms with Gasteiger partial charge in [-0.3, -0.25) is 4.68 Å². The van der Waals surface area contributed by atoms with Gasteiger partial charge in [0.05, 0.1) is 7.11 Å². The van der Waals surface area contributed by atoms with E-state index in [2.05, 4.69) is 5.10 Å². The predicted octanol–water partition coefficient (Wildman–Crippen LogP) is 1.90. The summed E-state index contributed by atoms with van der Waals surface area (Å²) in [5.74, 6) is 2.04. The number of methoxy groups -OCH3 is 1. The Labute approximate surface area is 106 Å². The van der Waals surface area contributed by atoms with Crippen LogP contribution in [0.4, 0.5) is 5.82 Å². The van der Waals surface area contributed by atoms with Crippen LogP contribution in [0.15, 0.2) is 24.3 Å². The Morgan fingerprint density at radius 2 is 2.06 bits per heavy atom. The summed E-state index contributed by atoms with van der Waals surface area (Å²) in [5, 5.41) is 4.22. The highest BCUT2D eigenvalue weighted by atomic mass is 16.5. The fraction of sp³-hybridized carbons (Fsp3) is 0.308. The Morgan fingerprint density at radius 3 is 2.67 bits per heavy atom. The Kier molecular flexibility index (Phi) is 3.41. The normalized spacial score (nSPS) is 10.4. The Bertz CT molecular complexity index is 530. The zero-order valence-electron chi connectivity index (χ0n) is 10.8. The van der Waals surface area contributed by atoms with Crippen molar-refractivity contribution in [3.05, 3.63) is 35.5 Å². The van der Waals surface area contributed by atoms with Crippen LogP contribution in [-0.2, 0) is 13.7 Å². The first kappa shape index (κ1) is 12.3. The minimum Gasteiger partial charge on any atom is -0.493 e. The van der Waals surface area contributed by atoms with Gasteiger partial charge in [-0.2, -0.15) is 5.10 Å². The Balaban J connectivity index is 2.10. The van der Waals surface area contributed by atoms with Gasteiger partial charge in [-0.05, 0) is 24.6 Å². The van der Waals surface area contributed by atoms with Crippen LogP contribution in [0.1, 0.15) is 11.3 Å². The van der Waals surface area contributed by atoms with Crippen molar-refractivity contribution in [3.8, 4) is 11.5 Å². The van der Waals surface area contributed by atoms with Crippen molar-refractivity contribution in [2.75, 3.05) is 12.8 Å². The van der Waals surface area contributed by atoms with Crippen molar-refractivity contribution < 1.29 is 9.47 Å². The lowest BCUT2D eigenvalue weighted by Crippen LogP contribution is -2.00. The average Bonchev–Trinajstić information content (AvgIpc) is 2.67. The molecule has 1 aromatic heterocycles. The number of ether oxygens (including phenoxy) is 2. The molecule has 0 unspecified atom stereocenters. The number of hydrogen-bond acceptors (Lipinski definition) is 4. The van der Waals surface area contributed by atoms with Crippen molar-refractivity contribution in [2.45, 2.75) is 13.5 Å². The molecule has 2 rings (SSSR count). The number of nitrogens with two attached hydrogens (primary N) is 1. The van der Waals surface area contributed by atoms with Crippen molar-refractivity contribution in [2.24, 2.45) is 7.05 Å². The molecule has 0 aliphatic carbocycles. The number of aryl methyl sites for hydroxylation is 2. The van der Waals surface area contributed by atoms with Crippen LogP contribution >= 0.6 is 0 Å². The first-order chi connectivity index (χ1) is 8.60. The first-order valence-electron chi connectivity index (χ1n) is 5.66. The van der Waals surface area contributed by atoms with Gasteiger partial charge >= 0.3 is 0 Å². The van der Waals surface area contributed by atoms with Crippen LogP contribution in [0.25, 0.3) is 0 Å². The van der Waals surface area contributed by atoms with E-state index in [4.69, 9.17) is 15.2 Å². The van der Waals surface area contributed by atoms with Crippen LogP contribution in [0.5, 0.6) is 11.5 Å². The molecule has 0 aliphatic heterocycles. The second-order valence-electron chi connectivity index (χ2n) is 4.13. The second kappa shape index (κ2) is 5.00. The topological polar surface area (TPSA) is 62.3 Å². The third kappa shape index (κ3) is 2.56. The molecule has 18 heavy (non-hydrogen) atoms. The van der Waals surface area contributed by atoms with Crippen molar-refractivity contribution in [3.63, 3.8) is 0 Å². The molecule has 0 atom stereocenters. The molecule has 0 spiro atoms. The quantitative estimate of drug-likeness (QED) is 0.896. The molecule has 0 saturated heterocycles. The summed E-state index contributed by atoms with van der Waals surface area (Å²) in [6.45, 7) is 2.37. The second-order valence-corrected chi connectivity index (χ2v) is 4.13. The minimum atomic E-state index is 0.366. The van der Waals surface area contributed by atoms with Crippen molar-refractivity contribution in [1.82, 2.24) is 9.78 Å². The first-order valence-corrected chi connectivity index (χ1v) is 5.66. The molecular weight excluding hydrogens is 230 g/mol. The minimum absolute atomic E-state index is 0.366. The molecule has 0 aliphatic rings. The van der Waals surface area contributed by atoms with Gasteiger partial charge in [0.2, 0.25) is 0 Å². The van der Waals surface area contributed by atoms with E-state index in [1.165, 1.54) is 0 Å². The number of hydrogen-bond donors (Lipinski definition) is 1. The summed E-state index contributed by atoms with van der Waals surface area (Å²) in [7, 11) is 3.42. The summed E-state index contributed by atoms with van der Waals surface area (Å²) < 4.78 is 12.6. The fourth-order valence-electron chi connectivity index (χ4n) is 1.66. The van der Waals surface area contributed by atoms with E-state index in [1.807, 2.05) is 25.1 Å². The number of anilines is 1. The van der Waals surface area contributed by atoms with Crippen LogP contribution < -0.4 is 15.2 Å². The molecule has 2 N–H and O–H groups in total. The third-order valence-electron chi connectivity index (χ3n) is 2.66. The lowest BCUT2D eigenvalue weighted by molar-refractivity contribution is 0.279. The molecule has 0 amide bonds. The number of rotatable bonds is 4. The molecule has 0 radical (unpaired) electrons. The van der Waals surface area contributed by atoms with Crippen molar-refractivity contribution in [1.29, 1.82) is 0 Å². The highest BCUT2D eigenvalue weighted by molar-refractivity contribution is 5.42. The number of nitrogens with zero attached hydrogens (tertiary/aromatic N) is 2. The molecular formula is C13H17N3O2. The van der Waals surface area contributed by atoms with Gasteiger partial charge in [0.1, 0.15) is 18.1 Å². The lowest BCUT2D eigenvalue weighted by Gasteiger charge is -2.10. The van der Waals surface area contributed by atoms with Gasteiger partial charge in [-0.25, -0.2) is 0 Å². The van der Waals surface area contributed by atoms with E-state index >= 15 is 0 Å². The van der Waals surface area contributed by atoms with E-state index in [0.29, 0.717) is 18.2 Å². The molecule has 5 nitrogen and oxygen atoms in total. The summed E-state index contributed by atoms with van der Waals surface area (Å²) in [6, 6.07) is 7.59. The monoisotopic (exact) mass is 247 g/mol. The highest BCUT2D eigenvalue weighted by Gasteiger charge is 2.07. The zero-order valence-corrected chi connectivity index (χ0v) is 10.8. The Morgan fingerprint density at radius 1 is 1.28 bits per heavy atom. The molecule has 0 bridgehead atoms. The van der Waals surface area contributed by atoms with E-state index in [-0.39, 0.29) is 0 Å². The third-order valence-corrected chi connectivity index (χ3v) is 2.66. The van der Waals surface area contributed by atoms with E-state index in [9.17, 15) is 0 Å². The molecule has 0 saturated carbocycles. The van der Waals surface area contributed by atoms with E-state index in [1.54, 1.807) is 24.9 Å². The Hall–Kier alpha value is -2.17. The van der Waals surface area contributed by atoms with Gasteiger partial charge in [0, 0.05) is 13.1 Å². The molecule has 1 aromatic carbocycles. The lowest BCUT2D eigenvalue weighted by atomic mass is 10.2. The van der Waals surface area contributed by atoms with Crippen LogP contribution in [-0.4, -0.2) is 16.9 Å². The number of aromatic nitrogens is 2. The van der Waals surface area contributed by atoms with Gasteiger partial charge in [-0.15, -0.1) is 0 Å². The number of benzene rings is 1. The van der Waals surface area contributed by atoms with Gasteiger partial charge < -0.3 is 15.2 Å². The number of nitrogen functional groups attached to an aromatic ring is 1. The molecule has 96 valence electrons. The van der Waals surface area contributed by atoms with Crippen LogP contribution in [0.2, 0.25) is 0 Å². The maximum absolute atomic E-state index is 5.71. The SMILES string of the molecule is COc1cc(C)ccc1OCc1cc(N)n(C)n1. The van der Waals surface area contributed by atoms with Crippen molar-refractivity contribution >= 4 is 5.82 Å². The summed E-state index contributed by atoms with van der Waals surface area (Å²) in [5.41, 5.74) is 7.62.